The third kappa shape index (κ3) is 3.84. The molecule has 1 aromatic carbocycles. The first kappa shape index (κ1) is 14.7. The van der Waals surface area contributed by atoms with Gasteiger partial charge in [-0.15, -0.1) is 0 Å². The molecule has 0 aliphatic rings. The van der Waals surface area contributed by atoms with Gasteiger partial charge in [-0.1, -0.05) is 38.5 Å². The molecule has 0 spiro atoms. The minimum atomic E-state index is -0.376. The largest absolute Gasteiger partial charge is 0.330 e. The first-order chi connectivity index (χ1) is 8.36. The van der Waals surface area contributed by atoms with Crippen molar-refractivity contribution in [3.05, 3.63) is 29.8 Å². The van der Waals surface area contributed by atoms with Crippen LogP contribution in [0, 0.1) is 12.3 Å². The number of carbonyl (C=O) groups is 1. The van der Waals surface area contributed by atoms with E-state index in [4.69, 9.17) is 5.73 Å². The molecule has 2 N–H and O–H groups in total. The van der Waals surface area contributed by atoms with Crippen molar-refractivity contribution in [1.29, 1.82) is 0 Å². The number of amides is 1. The van der Waals surface area contributed by atoms with Gasteiger partial charge in [0.25, 0.3) is 0 Å². The Morgan fingerprint density at radius 3 is 2.22 bits per heavy atom. The summed E-state index contributed by atoms with van der Waals surface area (Å²) in [6, 6.07) is 8.05. The SMILES string of the molecule is Cc1ccc(N(CCCN)C(=O)C(C)(C)C)cc1. The van der Waals surface area contributed by atoms with Crippen LogP contribution in [-0.4, -0.2) is 19.0 Å². The molecule has 100 valence electrons. The Morgan fingerprint density at radius 1 is 1.22 bits per heavy atom. The number of benzene rings is 1. The molecule has 0 bridgehead atoms. The molecule has 3 heteroatoms. The van der Waals surface area contributed by atoms with E-state index in [0.29, 0.717) is 13.1 Å². The van der Waals surface area contributed by atoms with Crippen molar-refractivity contribution < 1.29 is 4.79 Å². The molecular formula is C15H24N2O. The second-order valence-electron chi connectivity index (χ2n) is 5.68. The Morgan fingerprint density at radius 2 is 1.78 bits per heavy atom. The molecule has 0 saturated heterocycles. The zero-order chi connectivity index (χ0) is 13.8. The molecule has 1 amide bonds. The maximum Gasteiger partial charge on any atom is 0.232 e. The molecule has 0 aliphatic carbocycles. The highest BCUT2D eigenvalue weighted by Crippen LogP contribution is 2.23. The van der Waals surface area contributed by atoms with E-state index in [2.05, 4.69) is 0 Å². The predicted molar refractivity (Wildman–Crippen MR) is 76.7 cm³/mol. The van der Waals surface area contributed by atoms with Crippen LogP contribution < -0.4 is 10.6 Å². The summed E-state index contributed by atoms with van der Waals surface area (Å²) >= 11 is 0. The lowest BCUT2D eigenvalue weighted by Crippen LogP contribution is -2.40. The first-order valence-corrected chi connectivity index (χ1v) is 6.45. The highest BCUT2D eigenvalue weighted by atomic mass is 16.2. The minimum absolute atomic E-state index is 0.139. The van der Waals surface area contributed by atoms with Gasteiger partial charge < -0.3 is 10.6 Å². The number of aryl methyl sites for hydroxylation is 1. The quantitative estimate of drug-likeness (QED) is 0.890. The highest BCUT2D eigenvalue weighted by molar-refractivity contribution is 5.96. The van der Waals surface area contributed by atoms with Gasteiger partial charge in [-0.2, -0.15) is 0 Å². The van der Waals surface area contributed by atoms with Crippen LogP contribution in [0.5, 0.6) is 0 Å². The Bertz CT molecular complexity index is 390. The molecule has 0 fully saturated rings. The lowest BCUT2D eigenvalue weighted by atomic mass is 9.94. The summed E-state index contributed by atoms with van der Waals surface area (Å²) in [4.78, 5) is 14.3. The average molecular weight is 248 g/mol. The topological polar surface area (TPSA) is 46.3 Å². The summed E-state index contributed by atoms with van der Waals surface area (Å²) in [5.74, 6) is 0.139. The summed E-state index contributed by atoms with van der Waals surface area (Å²) in [5, 5.41) is 0. The minimum Gasteiger partial charge on any atom is -0.330 e. The molecular weight excluding hydrogens is 224 g/mol. The van der Waals surface area contributed by atoms with Gasteiger partial charge in [-0.05, 0) is 32.0 Å². The van der Waals surface area contributed by atoms with Crippen LogP contribution in [0.2, 0.25) is 0 Å². The van der Waals surface area contributed by atoms with Gasteiger partial charge in [0, 0.05) is 17.6 Å². The molecule has 0 atom stereocenters. The molecule has 0 heterocycles. The number of nitrogens with two attached hydrogens (primary N) is 1. The van der Waals surface area contributed by atoms with E-state index in [1.807, 2.05) is 56.9 Å². The van der Waals surface area contributed by atoms with Crippen molar-refractivity contribution >= 4 is 11.6 Å². The van der Waals surface area contributed by atoms with Crippen molar-refractivity contribution in [2.75, 3.05) is 18.0 Å². The number of anilines is 1. The van der Waals surface area contributed by atoms with Crippen LogP contribution in [0.25, 0.3) is 0 Å². The van der Waals surface area contributed by atoms with E-state index in [1.165, 1.54) is 5.56 Å². The maximum absolute atomic E-state index is 12.4. The summed E-state index contributed by atoms with van der Waals surface area (Å²) < 4.78 is 0. The third-order valence-corrected chi connectivity index (χ3v) is 2.82. The molecule has 0 saturated carbocycles. The van der Waals surface area contributed by atoms with Gasteiger partial charge in [0.05, 0.1) is 0 Å². The maximum atomic E-state index is 12.4. The number of hydrogen-bond acceptors (Lipinski definition) is 2. The van der Waals surface area contributed by atoms with Crippen LogP contribution in [-0.2, 0) is 4.79 Å². The lowest BCUT2D eigenvalue weighted by Gasteiger charge is -2.29. The fourth-order valence-corrected chi connectivity index (χ4v) is 1.73. The Kier molecular flexibility index (Phi) is 4.91. The van der Waals surface area contributed by atoms with E-state index < -0.39 is 0 Å². The van der Waals surface area contributed by atoms with Gasteiger partial charge in [-0.25, -0.2) is 0 Å². The van der Waals surface area contributed by atoms with Crippen molar-refractivity contribution in [3.8, 4) is 0 Å². The Labute approximate surface area is 110 Å². The lowest BCUT2D eigenvalue weighted by molar-refractivity contribution is -0.125. The van der Waals surface area contributed by atoms with E-state index in [-0.39, 0.29) is 11.3 Å². The van der Waals surface area contributed by atoms with Gasteiger partial charge in [0.15, 0.2) is 0 Å². The van der Waals surface area contributed by atoms with E-state index in [0.717, 1.165) is 12.1 Å². The molecule has 0 aliphatic heterocycles. The van der Waals surface area contributed by atoms with Crippen molar-refractivity contribution in [2.24, 2.45) is 11.1 Å². The van der Waals surface area contributed by atoms with Crippen LogP contribution in [0.15, 0.2) is 24.3 Å². The Balaban J connectivity index is 2.98. The zero-order valence-corrected chi connectivity index (χ0v) is 11.9. The summed E-state index contributed by atoms with van der Waals surface area (Å²) in [7, 11) is 0. The van der Waals surface area contributed by atoms with Crippen molar-refractivity contribution in [3.63, 3.8) is 0 Å². The molecule has 1 aromatic rings. The van der Waals surface area contributed by atoms with Gasteiger partial charge in [0.2, 0.25) is 5.91 Å². The number of nitrogens with zero attached hydrogens (tertiary/aromatic N) is 1. The zero-order valence-electron chi connectivity index (χ0n) is 11.9. The second-order valence-corrected chi connectivity index (χ2v) is 5.68. The molecule has 0 aromatic heterocycles. The fourth-order valence-electron chi connectivity index (χ4n) is 1.73. The third-order valence-electron chi connectivity index (χ3n) is 2.82. The summed E-state index contributed by atoms with van der Waals surface area (Å²) in [6.07, 6.45) is 0.815. The number of rotatable bonds is 4. The molecule has 0 radical (unpaired) electrons. The molecule has 1 rings (SSSR count). The predicted octanol–water partition coefficient (Wildman–Crippen LogP) is 2.72. The molecule has 3 nitrogen and oxygen atoms in total. The van der Waals surface area contributed by atoms with Crippen LogP contribution in [0.3, 0.4) is 0 Å². The number of carbonyl (C=O) groups excluding carboxylic acids is 1. The van der Waals surface area contributed by atoms with Gasteiger partial charge >= 0.3 is 0 Å². The van der Waals surface area contributed by atoms with Crippen molar-refractivity contribution in [2.45, 2.75) is 34.1 Å². The smallest absolute Gasteiger partial charge is 0.232 e. The molecule has 18 heavy (non-hydrogen) atoms. The molecule has 0 unspecified atom stereocenters. The van der Waals surface area contributed by atoms with Gasteiger partial charge in [-0.3, -0.25) is 4.79 Å². The number of hydrogen-bond donors (Lipinski definition) is 1. The van der Waals surface area contributed by atoms with Gasteiger partial charge in [0.1, 0.15) is 0 Å². The summed E-state index contributed by atoms with van der Waals surface area (Å²) in [5.41, 5.74) is 7.32. The fraction of sp³-hybridized carbons (Fsp3) is 0.533. The first-order valence-electron chi connectivity index (χ1n) is 6.45. The van der Waals surface area contributed by atoms with Crippen molar-refractivity contribution in [1.82, 2.24) is 0 Å². The van der Waals surface area contributed by atoms with Crippen LogP contribution in [0.1, 0.15) is 32.8 Å². The standard InChI is InChI=1S/C15H24N2O/c1-12-6-8-13(9-7-12)17(11-5-10-16)14(18)15(2,3)4/h6-9H,5,10-11,16H2,1-4H3. The second kappa shape index (κ2) is 6.01. The van der Waals surface area contributed by atoms with Crippen LogP contribution >= 0.6 is 0 Å². The normalized spacial score (nSPS) is 11.4. The van der Waals surface area contributed by atoms with Crippen LogP contribution in [0.4, 0.5) is 5.69 Å². The monoisotopic (exact) mass is 248 g/mol. The van der Waals surface area contributed by atoms with E-state index in [9.17, 15) is 4.79 Å². The van der Waals surface area contributed by atoms with E-state index in [1.54, 1.807) is 0 Å². The van der Waals surface area contributed by atoms with E-state index >= 15 is 0 Å². The Hall–Kier alpha value is -1.35. The summed E-state index contributed by atoms with van der Waals surface area (Å²) in [6.45, 7) is 9.14. The average Bonchev–Trinajstić information content (AvgIpc) is 2.30. The highest BCUT2D eigenvalue weighted by Gasteiger charge is 2.27.